The number of benzene rings is 1. The molecule has 0 bridgehead atoms. The van der Waals surface area contributed by atoms with Gasteiger partial charge in [-0.2, -0.15) is 0 Å². The number of unbranched alkanes of at least 4 members (excludes halogenated alkanes) is 1. The summed E-state index contributed by atoms with van der Waals surface area (Å²) in [5, 5.41) is 3.32. The zero-order valence-corrected chi connectivity index (χ0v) is 10.4. The van der Waals surface area contributed by atoms with E-state index in [1.54, 1.807) is 10.4 Å². The van der Waals surface area contributed by atoms with E-state index in [-0.39, 0.29) is 0 Å². The lowest BCUT2D eigenvalue weighted by molar-refractivity contribution is 0.832. The van der Waals surface area contributed by atoms with Gasteiger partial charge < -0.3 is 0 Å². The summed E-state index contributed by atoms with van der Waals surface area (Å²) in [6.45, 7) is 4.56. The minimum Gasteiger partial charge on any atom is -0.0879 e. The highest BCUT2D eigenvalue weighted by atomic mass is 28.2. The Morgan fingerprint density at radius 3 is 2.43 bits per heavy atom. The van der Waals surface area contributed by atoms with Crippen molar-refractivity contribution in [2.75, 3.05) is 0 Å². The number of hydrogen-bond donors (Lipinski definition) is 0. The smallest absolute Gasteiger partial charge is 0.0285 e. The molecule has 0 amide bonds. The van der Waals surface area contributed by atoms with Crippen molar-refractivity contribution in [2.24, 2.45) is 0 Å². The summed E-state index contributed by atoms with van der Waals surface area (Å²) in [7, 11) is 0.411. The van der Waals surface area contributed by atoms with E-state index in [1.807, 2.05) is 0 Å². The summed E-state index contributed by atoms with van der Waals surface area (Å²) in [6.07, 6.45) is 5.29. The molecule has 0 nitrogen and oxygen atoms in total. The normalized spacial score (nSPS) is 11.7. The first-order chi connectivity index (χ1) is 6.86. The van der Waals surface area contributed by atoms with Gasteiger partial charge in [0.05, 0.1) is 0 Å². The molecule has 1 rings (SSSR count). The third kappa shape index (κ3) is 4.01. The summed E-state index contributed by atoms with van der Waals surface area (Å²) in [5.41, 5.74) is 0. The van der Waals surface area contributed by atoms with E-state index in [0.29, 0.717) is 9.13 Å². The largest absolute Gasteiger partial charge is 0.0879 e. The molecule has 14 heavy (non-hydrogen) atoms. The van der Waals surface area contributed by atoms with Crippen LogP contribution < -0.4 is 5.19 Å². The molecule has 0 atom stereocenters. The van der Waals surface area contributed by atoms with Crippen LogP contribution in [0.3, 0.4) is 0 Å². The highest BCUT2D eigenvalue weighted by Crippen LogP contribution is 1.98. The lowest BCUT2D eigenvalue weighted by Crippen LogP contribution is -2.15. The van der Waals surface area contributed by atoms with Gasteiger partial charge in [0, 0.05) is 9.13 Å². The van der Waals surface area contributed by atoms with Crippen LogP contribution in [0.25, 0.3) is 0 Å². The highest BCUT2D eigenvalue weighted by Gasteiger charge is 1.94. The quantitative estimate of drug-likeness (QED) is 0.647. The van der Waals surface area contributed by atoms with Gasteiger partial charge in [0.25, 0.3) is 0 Å². The van der Waals surface area contributed by atoms with Crippen LogP contribution in [0.4, 0.5) is 0 Å². The summed E-state index contributed by atoms with van der Waals surface area (Å²) < 4.78 is 0. The minimum atomic E-state index is 0.411. The van der Waals surface area contributed by atoms with Crippen molar-refractivity contribution in [3.05, 3.63) is 30.3 Å². The fourth-order valence-electron chi connectivity index (χ4n) is 1.54. The molecule has 0 N–H and O–H groups in total. The third-order valence-electron chi connectivity index (χ3n) is 2.48. The summed E-state index contributed by atoms with van der Waals surface area (Å²) in [5.74, 6) is 0. The molecule has 0 aliphatic rings. The molecule has 0 spiro atoms. The Labute approximate surface area is 89.8 Å². The average Bonchev–Trinajstić information content (AvgIpc) is 2.25. The Bertz CT molecular complexity index is 275. The Morgan fingerprint density at radius 1 is 1.14 bits per heavy atom. The molecule has 1 aromatic rings. The predicted octanol–water partition coefficient (Wildman–Crippen LogP) is 2.52. The predicted molar refractivity (Wildman–Crippen MR) is 68.0 cm³/mol. The second-order valence-electron chi connectivity index (χ2n) is 3.67. The first-order valence-electron chi connectivity index (χ1n) is 5.61. The first-order valence-corrected chi connectivity index (χ1v) is 6.76. The maximum Gasteiger partial charge on any atom is 0.0285 e. The van der Waals surface area contributed by atoms with Gasteiger partial charge in [-0.1, -0.05) is 62.2 Å². The Kier molecular flexibility index (Phi) is 5.46. The van der Waals surface area contributed by atoms with Crippen molar-refractivity contribution in [3.8, 4) is 0 Å². The van der Waals surface area contributed by atoms with Crippen LogP contribution in [0.15, 0.2) is 30.3 Å². The maximum absolute atomic E-state index is 2.29. The van der Waals surface area contributed by atoms with Gasteiger partial charge >= 0.3 is 0 Å². The molecule has 0 saturated carbocycles. The van der Waals surface area contributed by atoms with E-state index in [4.69, 9.17) is 0 Å². The van der Waals surface area contributed by atoms with Gasteiger partial charge in [-0.3, -0.25) is 0 Å². The zero-order chi connectivity index (χ0) is 10.2. The fourth-order valence-corrected chi connectivity index (χ4v) is 2.98. The van der Waals surface area contributed by atoms with Crippen molar-refractivity contribution in [2.45, 2.75) is 39.5 Å². The fraction of sp³-hybridized carbons (Fsp3) is 0.462. The van der Waals surface area contributed by atoms with E-state index in [0.717, 1.165) is 0 Å². The van der Waals surface area contributed by atoms with Gasteiger partial charge in [-0.25, -0.2) is 0 Å². The molecule has 0 aliphatic carbocycles. The van der Waals surface area contributed by atoms with Gasteiger partial charge in [0.15, 0.2) is 0 Å². The van der Waals surface area contributed by atoms with E-state index < -0.39 is 0 Å². The van der Waals surface area contributed by atoms with Crippen LogP contribution in [0.5, 0.6) is 0 Å². The Morgan fingerprint density at radius 2 is 1.86 bits per heavy atom. The molecule has 76 valence electrons. The lowest BCUT2D eigenvalue weighted by Gasteiger charge is -2.03. The van der Waals surface area contributed by atoms with Crippen LogP contribution in [-0.4, -0.2) is 14.3 Å². The molecule has 1 aromatic carbocycles. The molecular formula is C13H20Si. The van der Waals surface area contributed by atoms with Crippen molar-refractivity contribution < 1.29 is 0 Å². The molecule has 0 unspecified atom stereocenters. The summed E-state index contributed by atoms with van der Waals surface area (Å²) in [6, 6.07) is 10.9. The SMILES string of the molecule is CCCCC(CC)=[SiH]c1ccccc1. The molecule has 0 radical (unpaired) electrons. The molecule has 1 heteroatoms. The molecule has 0 fully saturated rings. The van der Waals surface area contributed by atoms with E-state index in [9.17, 15) is 0 Å². The minimum absolute atomic E-state index is 0.411. The highest BCUT2D eigenvalue weighted by molar-refractivity contribution is 6.66. The van der Waals surface area contributed by atoms with E-state index >= 15 is 0 Å². The molecule has 0 aromatic heterocycles. The first kappa shape index (κ1) is 11.4. The van der Waals surface area contributed by atoms with Crippen LogP contribution in [0.1, 0.15) is 39.5 Å². The summed E-state index contributed by atoms with van der Waals surface area (Å²) >= 11 is 0. The second-order valence-corrected chi connectivity index (χ2v) is 5.44. The van der Waals surface area contributed by atoms with Gasteiger partial charge in [-0.15, -0.1) is 0 Å². The number of rotatable bonds is 5. The van der Waals surface area contributed by atoms with Gasteiger partial charge in [0.2, 0.25) is 0 Å². The van der Waals surface area contributed by atoms with Crippen LogP contribution in [0, 0.1) is 0 Å². The van der Waals surface area contributed by atoms with Gasteiger partial charge in [-0.05, 0) is 18.0 Å². The van der Waals surface area contributed by atoms with Crippen molar-refractivity contribution in [1.82, 2.24) is 0 Å². The molecule has 0 aliphatic heterocycles. The molecular weight excluding hydrogens is 184 g/mol. The van der Waals surface area contributed by atoms with Crippen LogP contribution in [0.2, 0.25) is 0 Å². The Hall–Kier alpha value is -0.693. The van der Waals surface area contributed by atoms with Crippen LogP contribution >= 0.6 is 0 Å². The molecule has 0 heterocycles. The standard InChI is InChI=1S/C13H20Si/c1-3-5-9-12(4-2)14-13-10-7-6-8-11-13/h6-8,10-11,14H,3-5,9H2,1-2H3. The van der Waals surface area contributed by atoms with Gasteiger partial charge in [0.1, 0.15) is 0 Å². The second kappa shape index (κ2) is 6.72. The van der Waals surface area contributed by atoms with Crippen molar-refractivity contribution in [3.63, 3.8) is 0 Å². The van der Waals surface area contributed by atoms with Crippen molar-refractivity contribution >= 4 is 19.5 Å². The summed E-state index contributed by atoms with van der Waals surface area (Å²) in [4.78, 5) is 0. The monoisotopic (exact) mass is 204 g/mol. The molecule has 0 saturated heterocycles. The Balaban J connectivity index is 2.64. The topological polar surface area (TPSA) is 0 Å². The average molecular weight is 204 g/mol. The maximum atomic E-state index is 2.29. The lowest BCUT2D eigenvalue weighted by atomic mass is 10.2. The zero-order valence-electron chi connectivity index (χ0n) is 9.29. The van der Waals surface area contributed by atoms with Crippen molar-refractivity contribution in [1.29, 1.82) is 0 Å². The van der Waals surface area contributed by atoms with Crippen LogP contribution in [-0.2, 0) is 0 Å². The number of hydrogen-bond acceptors (Lipinski definition) is 0. The van der Waals surface area contributed by atoms with E-state index in [2.05, 4.69) is 44.2 Å². The third-order valence-corrected chi connectivity index (χ3v) is 4.30. The van der Waals surface area contributed by atoms with E-state index in [1.165, 1.54) is 25.7 Å².